The second-order valence-corrected chi connectivity index (χ2v) is 8.86. The fourth-order valence-electron chi connectivity index (χ4n) is 3.43. The summed E-state index contributed by atoms with van der Waals surface area (Å²) in [6.07, 6.45) is -1.80. The molecule has 0 aromatic heterocycles. The number of carbonyl (C=O) groups excluding carboxylic acids is 3. The summed E-state index contributed by atoms with van der Waals surface area (Å²) in [6.45, 7) is 1.35. The van der Waals surface area contributed by atoms with E-state index in [1.165, 1.54) is 6.92 Å². The maximum atomic E-state index is 13.1. The van der Waals surface area contributed by atoms with E-state index in [2.05, 4.69) is 20.9 Å². The van der Waals surface area contributed by atoms with Crippen molar-refractivity contribution in [2.45, 2.75) is 69.3 Å². The molecule has 1 aromatic rings. The van der Waals surface area contributed by atoms with Gasteiger partial charge in [0.05, 0.1) is 12.1 Å². The minimum Gasteiger partial charge on any atom is -0.481 e. The van der Waals surface area contributed by atoms with E-state index in [4.69, 9.17) is 22.3 Å². The average Bonchev–Trinajstić information content (AvgIpc) is 2.86. The van der Waals surface area contributed by atoms with E-state index in [9.17, 15) is 34.2 Å². The first-order valence-electron chi connectivity index (χ1n) is 12.2. The lowest BCUT2D eigenvalue weighted by molar-refractivity contribution is -0.143. The van der Waals surface area contributed by atoms with E-state index in [1.807, 2.05) is 0 Å². The summed E-state index contributed by atoms with van der Waals surface area (Å²) in [5.74, 6) is -5.26. The van der Waals surface area contributed by atoms with E-state index in [0.29, 0.717) is 5.56 Å². The van der Waals surface area contributed by atoms with Gasteiger partial charge in [-0.3, -0.25) is 24.2 Å². The molecule has 5 unspecified atom stereocenters. The van der Waals surface area contributed by atoms with Crippen molar-refractivity contribution in [3.8, 4) is 0 Å². The van der Waals surface area contributed by atoms with Gasteiger partial charge in [0.1, 0.15) is 18.1 Å². The molecule has 0 fully saturated rings. The number of benzene rings is 1. The van der Waals surface area contributed by atoms with E-state index < -0.39 is 59.9 Å². The van der Waals surface area contributed by atoms with Crippen molar-refractivity contribution in [3.63, 3.8) is 0 Å². The number of aliphatic imine (C=N–C) groups is 1. The zero-order valence-electron chi connectivity index (χ0n) is 21.6. The average molecular weight is 552 g/mol. The Morgan fingerprint density at radius 1 is 0.897 bits per heavy atom. The number of nitrogens with one attached hydrogen (secondary N) is 3. The normalized spacial score (nSPS) is 14.5. The molecule has 0 aliphatic rings. The van der Waals surface area contributed by atoms with Crippen LogP contribution in [0.15, 0.2) is 35.3 Å². The largest absolute Gasteiger partial charge is 0.481 e. The Balaban J connectivity index is 2.99. The van der Waals surface area contributed by atoms with E-state index in [0.717, 1.165) is 0 Å². The van der Waals surface area contributed by atoms with Crippen LogP contribution in [0.3, 0.4) is 0 Å². The predicted octanol–water partition coefficient (Wildman–Crippen LogP) is -2.61. The Hall–Kier alpha value is -4.24. The van der Waals surface area contributed by atoms with Crippen molar-refractivity contribution in [1.29, 1.82) is 0 Å². The third-order valence-electron chi connectivity index (χ3n) is 5.54. The van der Waals surface area contributed by atoms with Gasteiger partial charge in [-0.1, -0.05) is 30.3 Å². The molecule has 1 aromatic carbocycles. The Bertz CT molecular complexity index is 1010. The van der Waals surface area contributed by atoms with Crippen molar-refractivity contribution in [1.82, 2.24) is 16.0 Å². The number of carboxylic acids is 2. The summed E-state index contributed by atoms with van der Waals surface area (Å²) < 4.78 is 0. The monoisotopic (exact) mass is 551 g/mol. The number of guanidine groups is 1. The van der Waals surface area contributed by atoms with Gasteiger partial charge in [-0.15, -0.1) is 0 Å². The number of aliphatic carboxylic acids is 2. The number of aliphatic hydroxyl groups excluding tert-OH is 1. The molecule has 0 heterocycles. The number of hydrogen-bond donors (Lipinski definition) is 9. The fraction of sp³-hybridized carbons (Fsp3) is 0.500. The maximum Gasteiger partial charge on any atom is 0.326 e. The number of rotatable bonds is 17. The van der Waals surface area contributed by atoms with Gasteiger partial charge in [-0.25, -0.2) is 4.79 Å². The summed E-state index contributed by atoms with van der Waals surface area (Å²) in [5.41, 5.74) is 17.0. The minimum atomic E-state index is -1.56. The first kappa shape index (κ1) is 32.8. The van der Waals surface area contributed by atoms with Crippen LogP contribution in [-0.2, 0) is 30.4 Å². The lowest BCUT2D eigenvalue weighted by atomic mass is 10.0. The van der Waals surface area contributed by atoms with Gasteiger partial charge in [0, 0.05) is 19.4 Å². The van der Waals surface area contributed by atoms with Gasteiger partial charge in [0.25, 0.3) is 0 Å². The molecule has 3 amide bonds. The van der Waals surface area contributed by atoms with Gasteiger partial charge < -0.3 is 48.5 Å². The Morgan fingerprint density at radius 3 is 2.05 bits per heavy atom. The summed E-state index contributed by atoms with van der Waals surface area (Å²) >= 11 is 0. The van der Waals surface area contributed by atoms with Crippen molar-refractivity contribution in [3.05, 3.63) is 35.9 Å². The summed E-state index contributed by atoms with van der Waals surface area (Å²) in [4.78, 5) is 64.8. The second-order valence-electron chi connectivity index (χ2n) is 8.86. The van der Waals surface area contributed by atoms with Crippen molar-refractivity contribution in [2.75, 3.05) is 6.54 Å². The molecule has 0 aliphatic heterocycles. The number of carboxylic acid groups (broad SMARTS) is 2. The quantitative estimate of drug-likeness (QED) is 0.0549. The lowest BCUT2D eigenvalue weighted by Gasteiger charge is -2.26. The molecule has 1 rings (SSSR count). The van der Waals surface area contributed by atoms with Crippen molar-refractivity contribution < 1.29 is 39.3 Å². The van der Waals surface area contributed by atoms with Gasteiger partial charge in [0.15, 0.2) is 5.96 Å². The van der Waals surface area contributed by atoms with Gasteiger partial charge in [-0.05, 0) is 31.7 Å². The molecule has 39 heavy (non-hydrogen) atoms. The first-order valence-corrected chi connectivity index (χ1v) is 12.2. The van der Waals surface area contributed by atoms with Crippen LogP contribution in [0.1, 0.15) is 38.2 Å². The molecule has 0 spiro atoms. The van der Waals surface area contributed by atoms with Crippen LogP contribution in [0.25, 0.3) is 0 Å². The van der Waals surface area contributed by atoms with Gasteiger partial charge in [0.2, 0.25) is 17.7 Å². The van der Waals surface area contributed by atoms with Crippen LogP contribution in [0, 0.1) is 0 Å². The highest BCUT2D eigenvalue weighted by molar-refractivity contribution is 5.94. The van der Waals surface area contributed by atoms with E-state index >= 15 is 0 Å². The molecule has 15 nitrogen and oxygen atoms in total. The number of amides is 3. The molecule has 0 radical (unpaired) electrons. The lowest BCUT2D eigenvalue weighted by Crippen LogP contribution is -2.60. The maximum absolute atomic E-state index is 13.1. The molecule has 12 N–H and O–H groups in total. The number of hydrogen-bond acceptors (Lipinski definition) is 8. The molecule has 15 heteroatoms. The van der Waals surface area contributed by atoms with Crippen LogP contribution in [0.4, 0.5) is 0 Å². The SMILES string of the molecule is CC(O)C(NC(=O)C(CCCN=C(N)N)NC(=O)C(N)CCC(=O)O)C(=O)NC(Cc1ccccc1)C(=O)O. The molecule has 0 aliphatic carbocycles. The molecular weight excluding hydrogens is 514 g/mol. The highest BCUT2D eigenvalue weighted by Crippen LogP contribution is 2.07. The highest BCUT2D eigenvalue weighted by Gasteiger charge is 2.32. The van der Waals surface area contributed by atoms with Crippen LogP contribution in [0.2, 0.25) is 0 Å². The Labute approximate surface area is 225 Å². The van der Waals surface area contributed by atoms with E-state index in [1.54, 1.807) is 30.3 Å². The Kier molecular flexibility index (Phi) is 13.9. The summed E-state index contributed by atoms with van der Waals surface area (Å²) in [6, 6.07) is 3.17. The number of nitrogens with two attached hydrogens (primary N) is 3. The van der Waals surface area contributed by atoms with Crippen molar-refractivity contribution in [2.24, 2.45) is 22.2 Å². The Morgan fingerprint density at radius 2 is 1.51 bits per heavy atom. The molecular formula is C24H37N7O8. The number of nitrogens with zero attached hydrogens (tertiary/aromatic N) is 1. The number of aliphatic hydroxyl groups is 1. The summed E-state index contributed by atoms with van der Waals surface area (Å²) in [5, 5.41) is 35.6. The predicted molar refractivity (Wildman–Crippen MR) is 140 cm³/mol. The zero-order chi connectivity index (χ0) is 29.5. The molecule has 5 atom stereocenters. The molecule has 0 bridgehead atoms. The third-order valence-corrected chi connectivity index (χ3v) is 5.54. The molecule has 216 valence electrons. The smallest absolute Gasteiger partial charge is 0.326 e. The summed E-state index contributed by atoms with van der Waals surface area (Å²) in [7, 11) is 0. The third kappa shape index (κ3) is 12.7. The first-order chi connectivity index (χ1) is 18.3. The van der Waals surface area contributed by atoms with Crippen LogP contribution in [-0.4, -0.2) is 87.8 Å². The van der Waals surface area contributed by atoms with E-state index in [-0.39, 0.29) is 44.6 Å². The van der Waals surface area contributed by atoms with Gasteiger partial charge >= 0.3 is 11.9 Å². The van der Waals surface area contributed by atoms with Gasteiger partial charge in [-0.2, -0.15) is 0 Å². The van der Waals surface area contributed by atoms with Crippen LogP contribution >= 0.6 is 0 Å². The highest BCUT2D eigenvalue weighted by atomic mass is 16.4. The van der Waals surface area contributed by atoms with Crippen LogP contribution in [0.5, 0.6) is 0 Å². The van der Waals surface area contributed by atoms with Crippen molar-refractivity contribution >= 4 is 35.6 Å². The minimum absolute atomic E-state index is 0.0000887. The second kappa shape index (κ2) is 16.6. The number of carbonyl (C=O) groups is 5. The molecule has 0 saturated heterocycles. The van der Waals surface area contributed by atoms with Crippen LogP contribution < -0.4 is 33.2 Å². The topological polar surface area (TPSA) is 273 Å². The molecule has 0 saturated carbocycles. The zero-order valence-corrected chi connectivity index (χ0v) is 21.6. The fourth-order valence-corrected chi connectivity index (χ4v) is 3.43. The standard InChI is InChI=1S/C24H37N7O8/c1-13(32)19(22(37)30-17(23(38)39)12-14-6-3-2-4-7-14)31-21(36)16(8-5-11-28-24(26)27)29-20(35)15(25)9-10-18(33)34/h2-4,6-7,13,15-17,19,32H,5,8-12,25H2,1H3,(H,29,35)(H,30,37)(H,31,36)(H,33,34)(H,38,39)(H4,26,27,28).